The maximum atomic E-state index is 13.9. The van der Waals surface area contributed by atoms with Crippen LogP contribution in [0, 0.1) is 26.6 Å². The normalized spacial score (nSPS) is 13.0. The second-order valence-corrected chi connectivity index (χ2v) is 9.08. The van der Waals surface area contributed by atoms with Crippen LogP contribution >= 0.6 is 11.6 Å². The molecule has 3 aromatic rings. The van der Waals surface area contributed by atoms with E-state index in [4.69, 9.17) is 16.3 Å². The van der Waals surface area contributed by atoms with Gasteiger partial charge in [-0.2, -0.15) is 0 Å². The van der Waals surface area contributed by atoms with Gasteiger partial charge in [-0.05, 0) is 74.1 Å². The topological polar surface area (TPSA) is 72.4 Å². The summed E-state index contributed by atoms with van der Waals surface area (Å²) in [6.07, 6.45) is 1.96. The first-order valence-corrected chi connectivity index (χ1v) is 11.5. The van der Waals surface area contributed by atoms with Gasteiger partial charge < -0.3 is 15.4 Å². The first-order chi connectivity index (χ1) is 16.2. The number of amides is 2. The Morgan fingerprint density at radius 2 is 1.88 bits per heavy atom. The van der Waals surface area contributed by atoms with Crippen LogP contribution < -0.4 is 20.9 Å². The summed E-state index contributed by atoms with van der Waals surface area (Å²) in [7, 11) is 0. The first kappa shape index (κ1) is 23.8. The molecular weight excluding hydrogens is 457 g/mol. The number of ether oxygens (including phenoxy) is 1. The number of benzene rings is 2. The predicted octanol–water partition coefficient (Wildman–Crippen LogP) is 5.10. The lowest BCUT2D eigenvalue weighted by Gasteiger charge is -2.17. The van der Waals surface area contributed by atoms with E-state index in [1.54, 1.807) is 16.7 Å². The standard InChI is InChI=1S/C26H27ClFN3O3/c1-15-4-5-16(2)22(10-15)31-17(3)11-23(24(27)25(31)32)34-14-18-6-7-20(28)12-19(18)13-29-26(33)30-21-8-9-21/h4-7,10-12,21H,8-9,13-14H2,1-3H3,(H2,29,30,33). The zero-order chi connectivity index (χ0) is 24.4. The molecule has 0 aliphatic heterocycles. The summed E-state index contributed by atoms with van der Waals surface area (Å²) in [6.45, 7) is 5.93. The molecule has 178 valence electrons. The zero-order valence-electron chi connectivity index (χ0n) is 19.4. The van der Waals surface area contributed by atoms with Gasteiger partial charge in [0.25, 0.3) is 5.56 Å². The Labute approximate surface area is 202 Å². The number of nitrogens with zero attached hydrogens (tertiary/aromatic N) is 1. The summed E-state index contributed by atoms with van der Waals surface area (Å²) in [4.78, 5) is 25.1. The fourth-order valence-electron chi connectivity index (χ4n) is 3.74. The van der Waals surface area contributed by atoms with Gasteiger partial charge in [-0.1, -0.05) is 29.8 Å². The van der Waals surface area contributed by atoms with E-state index in [1.165, 1.54) is 12.1 Å². The highest BCUT2D eigenvalue weighted by atomic mass is 35.5. The van der Waals surface area contributed by atoms with Crippen LogP contribution in [0.2, 0.25) is 5.02 Å². The van der Waals surface area contributed by atoms with Gasteiger partial charge in [0.05, 0.1) is 5.69 Å². The molecule has 1 aliphatic carbocycles. The minimum absolute atomic E-state index is 0.0305. The van der Waals surface area contributed by atoms with E-state index in [1.807, 2.05) is 39.0 Å². The van der Waals surface area contributed by atoms with Crippen molar-refractivity contribution in [3.05, 3.63) is 91.6 Å². The quantitative estimate of drug-likeness (QED) is 0.491. The summed E-state index contributed by atoms with van der Waals surface area (Å²) < 4.78 is 21.3. The van der Waals surface area contributed by atoms with Crippen molar-refractivity contribution in [2.24, 2.45) is 0 Å². The van der Waals surface area contributed by atoms with Crippen molar-refractivity contribution in [3.63, 3.8) is 0 Å². The Hall–Kier alpha value is -3.32. The smallest absolute Gasteiger partial charge is 0.315 e. The number of aromatic nitrogens is 1. The molecule has 0 spiro atoms. The number of hydrogen-bond donors (Lipinski definition) is 2. The number of urea groups is 1. The number of halogens is 2. The lowest BCUT2D eigenvalue weighted by molar-refractivity contribution is 0.240. The van der Waals surface area contributed by atoms with Crippen LogP contribution in [0.15, 0.2) is 47.3 Å². The van der Waals surface area contributed by atoms with Gasteiger partial charge in [-0.15, -0.1) is 0 Å². The maximum Gasteiger partial charge on any atom is 0.315 e. The van der Waals surface area contributed by atoms with E-state index in [9.17, 15) is 14.0 Å². The van der Waals surface area contributed by atoms with Crippen molar-refractivity contribution >= 4 is 17.6 Å². The molecule has 2 N–H and O–H groups in total. The van der Waals surface area contributed by atoms with Gasteiger partial charge in [0.2, 0.25) is 0 Å². The summed E-state index contributed by atoms with van der Waals surface area (Å²) in [6, 6.07) is 11.8. The van der Waals surface area contributed by atoms with Crippen LogP contribution in [0.1, 0.15) is 40.8 Å². The van der Waals surface area contributed by atoms with Crippen molar-refractivity contribution in [2.45, 2.75) is 52.8 Å². The van der Waals surface area contributed by atoms with Crippen molar-refractivity contribution in [1.82, 2.24) is 15.2 Å². The number of aryl methyl sites for hydroxylation is 3. The van der Waals surface area contributed by atoms with Gasteiger partial charge in [0.1, 0.15) is 23.2 Å². The first-order valence-electron chi connectivity index (χ1n) is 11.2. The largest absolute Gasteiger partial charge is 0.487 e. The SMILES string of the molecule is Cc1ccc(C)c(-n2c(C)cc(OCc3ccc(F)cc3CNC(=O)NC3CC3)c(Cl)c2=O)c1. The third-order valence-corrected chi connectivity index (χ3v) is 6.16. The van der Waals surface area contributed by atoms with Crippen LogP contribution in [0.3, 0.4) is 0 Å². The molecule has 1 aromatic heterocycles. The van der Waals surface area contributed by atoms with Crippen molar-refractivity contribution < 1.29 is 13.9 Å². The molecule has 34 heavy (non-hydrogen) atoms. The Morgan fingerprint density at radius 1 is 1.12 bits per heavy atom. The zero-order valence-corrected chi connectivity index (χ0v) is 20.1. The van der Waals surface area contributed by atoms with Crippen LogP contribution in [0.25, 0.3) is 5.69 Å². The summed E-state index contributed by atoms with van der Waals surface area (Å²) in [5.41, 5.74) is 4.33. The van der Waals surface area contributed by atoms with E-state index in [2.05, 4.69) is 10.6 Å². The molecule has 2 aromatic carbocycles. The highest BCUT2D eigenvalue weighted by molar-refractivity contribution is 6.31. The van der Waals surface area contributed by atoms with Gasteiger partial charge in [-0.25, -0.2) is 9.18 Å². The molecule has 1 saturated carbocycles. The molecule has 0 radical (unpaired) electrons. The Kier molecular flexibility index (Phi) is 6.93. The van der Waals surface area contributed by atoms with Gasteiger partial charge in [0.15, 0.2) is 0 Å². The van der Waals surface area contributed by atoms with Crippen molar-refractivity contribution in [2.75, 3.05) is 0 Å². The Morgan fingerprint density at radius 3 is 2.62 bits per heavy atom. The molecule has 8 heteroatoms. The number of rotatable bonds is 7. The summed E-state index contributed by atoms with van der Waals surface area (Å²) in [5, 5.41) is 5.55. The molecular formula is C26H27ClFN3O3. The second-order valence-electron chi connectivity index (χ2n) is 8.70. The molecule has 1 aliphatic rings. The lowest BCUT2D eigenvalue weighted by atomic mass is 10.1. The highest BCUT2D eigenvalue weighted by Gasteiger charge is 2.23. The lowest BCUT2D eigenvalue weighted by Crippen LogP contribution is -2.36. The van der Waals surface area contributed by atoms with Crippen molar-refractivity contribution in [3.8, 4) is 11.4 Å². The van der Waals surface area contributed by atoms with Crippen LogP contribution in [0.5, 0.6) is 5.75 Å². The fraction of sp³-hybridized carbons (Fsp3) is 0.308. The number of hydrogen-bond acceptors (Lipinski definition) is 3. The number of nitrogens with one attached hydrogen (secondary N) is 2. The van der Waals surface area contributed by atoms with E-state index >= 15 is 0 Å². The van der Waals surface area contributed by atoms with Gasteiger partial charge in [0, 0.05) is 24.3 Å². The number of pyridine rings is 1. The summed E-state index contributed by atoms with van der Waals surface area (Å²) >= 11 is 6.42. The highest BCUT2D eigenvalue weighted by Crippen LogP contribution is 2.26. The van der Waals surface area contributed by atoms with Crippen LogP contribution in [0.4, 0.5) is 9.18 Å². The molecule has 4 rings (SSSR count). The number of carbonyl (C=O) groups is 1. The van der Waals surface area contributed by atoms with Gasteiger partial charge in [-0.3, -0.25) is 9.36 Å². The third kappa shape index (κ3) is 5.42. The summed E-state index contributed by atoms with van der Waals surface area (Å²) in [5.74, 6) is -0.159. The Balaban J connectivity index is 1.54. The van der Waals surface area contributed by atoms with E-state index in [0.29, 0.717) is 16.8 Å². The van der Waals surface area contributed by atoms with Crippen molar-refractivity contribution in [1.29, 1.82) is 0 Å². The molecule has 0 saturated heterocycles. The van der Waals surface area contributed by atoms with E-state index in [-0.39, 0.29) is 41.6 Å². The average Bonchev–Trinajstić information content (AvgIpc) is 3.61. The number of carbonyl (C=O) groups excluding carboxylic acids is 1. The minimum Gasteiger partial charge on any atom is -0.487 e. The predicted molar refractivity (Wildman–Crippen MR) is 130 cm³/mol. The second kappa shape index (κ2) is 9.89. The molecule has 0 bridgehead atoms. The molecule has 0 atom stereocenters. The molecule has 1 heterocycles. The molecule has 2 amide bonds. The van der Waals surface area contributed by atoms with Gasteiger partial charge >= 0.3 is 6.03 Å². The fourth-order valence-corrected chi connectivity index (χ4v) is 3.93. The molecule has 1 fully saturated rings. The monoisotopic (exact) mass is 483 g/mol. The minimum atomic E-state index is -0.409. The van der Waals surface area contributed by atoms with Crippen LogP contribution in [-0.2, 0) is 13.2 Å². The van der Waals surface area contributed by atoms with E-state index < -0.39 is 5.82 Å². The molecule has 0 unspecified atom stereocenters. The Bertz CT molecular complexity index is 1300. The maximum absolute atomic E-state index is 13.9. The third-order valence-electron chi connectivity index (χ3n) is 5.81. The van der Waals surface area contributed by atoms with Crippen LogP contribution in [-0.4, -0.2) is 16.6 Å². The van der Waals surface area contributed by atoms with E-state index in [0.717, 1.165) is 29.7 Å². The average molecular weight is 484 g/mol. The molecule has 6 nitrogen and oxygen atoms in total.